The van der Waals surface area contributed by atoms with Crippen LogP contribution in [0.25, 0.3) is 10.9 Å². The number of aromatic nitrogens is 1. The summed E-state index contributed by atoms with van der Waals surface area (Å²) in [6.07, 6.45) is 2.31. The zero-order valence-electron chi connectivity index (χ0n) is 19.5. The van der Waals surface area contributed by atoms with E-state index in [0.29, 0.717) is 29.8 Å². The molecule has 4 N–H and O–H groups in total. The van der Waals surface area contributed by atoms with Gasteiger partial charge in [-0.05, 0) is 62.2 Å². The van der Waals surface area contributed by atoms with Crippen molar-refractivity contribution in [2.75, 3.05) is 13.1 Å². The smallest absolute Gasteiger partial charge is 0.323 e. The summed E-state index contributed by atoms with van der Waals surface area (Å²) in [7, 11) is -3.70. The largest absolute Gasteiger partial charge is 0.491 e. The van der Waals surface area contributed by atoms with Crippen LogP contribution in [0.4, 0.5) is 0 Å². The zero-order valence-corrected chi connectivity index (χ0v) is 20.3. The first-order valence-corrected chi connectivity index (χ1v) is 12.7. The van der Waals surface area contributed by atoms with Crippen molar-refractivity contribution in [1.82, 2.24) is 14.3 Å². The molecule has 1 amide bonds. The van der Waals surface area contributed by atoms with E-state index in [1.807, 2.05) is 13.8 Å². The molecular weight excluding hydrogens is 472 g/mol. The number of aliphatic carboxylic acids is 1. The van der Waals surface area contributed by atoms with E-state index in [1.54, 1.807) is 53.2 Å². The lowest BCUT2D eigenvalue weighted by Crippen LogP contribution is -2.29. The van der Waals surface area contributed by atoms with Gasteiger partial charge in [-0.15, -0.1) is 0 Å². The quantitative estimate of drug-likeness (QED) is 0.245. The van der Waals surface area contributed by atoms with Gasteiger partial charge in [-0.3, -0.25) is 15.0 Å². The number of carboxylic acid groups (broad SMARTS) is 1. The minimum atomic E-state index is -3.70. The Morgan fingerprint density at radius 2 is 1.91 bits per heavy atom. The van der Waals surface area contributed by atoms with E-state index in [0.717, 1.165) is 10.9 Å². The first-order chi connectivity index (χ1) is 16.6. The van der Waals surface area contributed by atoms with Crippen molar-refractivity contribution in [3.63, 3.8) is 0 Å². The van der Waals surface area contributed by atoms with Gasteiger partial charge in [0.15, 0.2) is 0 Å². The molecule has 0 spiro atoms. The molecule has 1 aliphatic heterocycles. The lowest BCUT2D eigenvalue weighted by Gasteiger charge is -2.17. The molecule has 0 aliphatic carbocycles. The van der Waals surface area contributed by atoms with E-state index >= 15 is 0 Å². The highest BCUT2D eigenvalue weighted by Gasteiger charge is 2.34. The summed E-state index contributed by atoms with van der Waals surface area (Å²) in [6, 6.07) is 11.3. The van der Waals surface area contributed by atoms with Gasteiger partial charge in [0.25, 0.3) is 5.91 Å². The van der Waals surface area contributed by atoms with E-state index in [4.69, 9.17) is 10.6 Å². The molecule has 186 valence electrons. The van der Waals surface area contributed by atoms with Crippen LogP contribution in [0.1, 0.15) is 42.1 Å². The molecule has 1 fully saturated rings. The fourth-order valence-electron chi connectivity index (χ4n) is 4.46. The number of hydrogen-bond acceptors (Lipinski definition) is 6. The first kappa shape index (κ1) is 24.7. The Morgan fingerprint density at radius 3 is 2.54 bits per heavy atom. The molecular formula is C24H28N4O6S. The maximum absolute atomic E-state index is 13.3. The van der Waals surface area contributed by atoms with Crippen molar-refractivity contribution in [1.29, 1.82) is 0 Å². The minimum Gasteiger partial charge on any atom is -0.491 e. The second kappa shape index (κ2) is 9.68. The van der Waals surface area contributed by atoms with Crippen LogP contribution in [0.2, 0.25) is 0 Å². The van der Waals surface area contributed by atoms with Crippen LogP contribution >= 0.6 is 0 Å². The lowest BCUT2D eigenvalue weighted by molar-refractivity contribution is -0.137. The van der Waals surface area contributed by atoms with Crippen LogP contribution in [0.3, 0.4) is 0 Å². The molecule has 35 heavy (non-hydrogen) atoms. The predicted octanol–water partition coefficient (Wildman–Crippen LogP) is 2.29. The van der Waals surface area contributed by atoms with Crippen molar-refractivity contribution in [2.45, 2.75) is 43.7 Å². The van der Waals surface area contributed by atoms with Crippen LogP contribution in [-0.4, -0.2) is 53.5 Å². The molecule has 1 atom stereocenters. The molecule has 10 nitrogen and oxygen atoms in total. The Kier molecular flexibility index (Phi) is 6.84. The van der Waals surface area contributed by atoms with Gasteiger partial charge in [-0.2, -0.15) is 4.31 Å². The highest BCUT2D eigenvalue weighted by molar-refractivity contribution is 7.89. The van der Waals surface area contributed by atoms with Gasteiger partial charge >= 0.3 is 5.97 Å². The summed E-state index contributed by atoms with van der Waals surface area (Å²) in [6.45, 7) is 4.12. The third-order valence-corrected chi connectivity index (χ3v) is 7.92. The molecule has 3 aromatic rings. The Hall–Kier alpha value is -3.41. The number of benzene rings is 2. The van der Waals surface area contributed by atoms with Crippen molar-refractivity contribution in [3.8, 4) is 5.75 Å². The summed E-state index contributed by atoms with van der Waals surface area (Å²) >= 11 is 0. The van der Waals surface area contributed by atoms with Crippen LogP contribution in [-0.2, 0) is 21.4 Å². The average Bonchev–Trinajstić information content (AvgIpc) is 3.44. The number of nitrogens with zero attached hydrogens (tertiary/aromatic N) is 2. The van der Waals surface area contributed by atoms with Crippen LogP contribution in [0.5, 0.6) is 5.75 Å². The van der Waals surface area contributed by atoms with Gasteiger partial charge in [-0.1, -0.05) is 6.07 Å². The number of ether oxygens (including phenoxy) is 1. The standard InChI is InChI=1S/C24H28N4O6S/c1-15(2)34-18-4-6-19(7-5-18)35(32,33)28-10-9-17(12-28)21-13-27(14-23(29)30)22-11-16(24(31)26-25)3-8-20(21)22/h3-8,11,13,15,17H,9-10,12,14,25H2,1-2H3,(H,26,31)(H,29,30). The fraction of sp³-hybridized carbons (Fsp3) is 0.333. The van der Waals surface area contributed by atoms with E-state index in [1.165, 1.54) is 4.31 Å². The SMILES string of the molecule is CC(C)Oc1ccc(S(=O)(=O)N2CCC(c3cn(CC(=O)O)c4cc(C(=O)NN)ccc34)C2)cc1. The molecule has 4 rings (SSSR count). The Morgan fingerprint density at radius 1 is 1.20 bits per heavy atom. The number of hydrazine groups is 1. The molecule has 1 aliphatic rings. The normalized spacial score (nSPS) is 16.6. The number of carboxylic acids is 1. The van der Waals surface area contributed by atoms with E-state index in [2.05, 4.69) is 5.43 Å². The molecule has 11 heteroatoms. The summed E-state index contributed by atoms with van der Waals surface area (Å²) in [5.41, 5.74) is 3.80. The summed E-state index contributed by atoms with van der Waals surface area (Å²) in [5.74, 6) is 4.20. The minimum absolute atomic E-state index is 0.0131. The van der Waals surface area contributed by atoms with E-state index in [-0.39, 0.29) is 30.0 Å². The lowest BCUT2D eigenvalue weighted by atomic mass is 9.97. The van der Waals surface area contributed by atoms with Gasteiger partial charge < -0.3 is 14.4 Å². The second-order valence-electron chi connectivity index (χ2n) is 8.80. The first-order valence-electron chi connectivity index (χ1n) is 11.2. The molecule has 0 saturated carbocycles. The summed E-state index contributed by atoms with van der Waals surface area (Å²) in [4.78, 5) is 23.6. The van der Waals surface area contributed by atoms with Gasteiger partial charge in [0.2, 0.25) is 10.0 Å². The van der Waals surface area contributed by atoms with Gasteiger partial charge in [0, 0.05) is 41.7 Å². The topological polar surface area (TPSA) is 144 Å². The predicted molar refractivity (Wildman–Crippen MR) is 130 cm³/mol. The van der Waals surface area contributed by atoms with Crippen molar-refractivity contribution in [3.05, 3.63) is 59.8 Å². The number of fused-ring (bicyclic) bond motifs is 1. The highest BCUT2D eigenvalue weighted by Crippen LogP contribution is 2.36. The van der Waals surface area contributed by atoms with Crippen molar-refractivity contribution >= 4 is 32.8 Å². The number of hydrogen-bond donors (Lipinski definition) is 3. The van der Waals surface area contributed by atoms with E-state index < -0.39 is 21.9 Å². The van der Waals surface area contributed by atoms with Crippen molar-refractivity contribution in [2.24, 2.45) is 5.84 Å². The summed E-state index contributed by atoms with van der Waals surface area (Å²) < 4.78 is 35.1. The Balaban J connectivity index is 1.62. The van der Waals surface area contributed by atoms with Crippen molar-refractivity contribution < 1.29 is 27.9 Å². The summed E-state index contributed by atoms with van der Waals surface area (Å²) in [5, 5.41) is 10.1. The molecule has 1 aromatic heterocycles. The molecule has 0 bridgehead atoms. The third-order valence-electron chi connectivity index (χ3n) is 6.04. The van der Waals surface area contributed by atoms with Crippen LogP contribution < -0.4 is 16.0 Å². The van der Waals surface area contributed by atoms with Crippen LogP contribution in [0.15, 0.2) is 53.6 Å². The average molecular weight is 501 g/mol. The number of nitrogens with two attached hydrogens (primary N) is 1. The Labute approximate surface area is 203 Å². The number of carbonyl (C=O) groups excluding carboxylic acids is 1. The van der Waals surface area contributed by atoms with Gasteiger partial charge in [0.1, 0.15) is 12.3 Å². The Bertz CT molecular complexity index is 1360. The zero-order chi connectivity index (χ0) is 25.3. The van der Waals surface area contributed by atoms with E-state index in [9.17, 15) is 23.1 Å². The van der Waals surface area contributed by atoms with Gasteiger partial charge in [0.05, 0.1) is 11.0 Å². The number of sulfonamides is 1. The van der Waals surface area contributed by atoms with Gasteiger partial charge in [-0.25, -0.2) is 14.3 Å². The highest BCUT2D eigenvalue weighted by atomic mass is 32.2. The maximum atomic E-state index is 13.3. The maximum Gasteiger partial charge on any atom is 0.323 e. The molecule has 0 radical (unpaired) electrons. The van der Waals surface area contributed by atoms with Crippen LogP contribution in [0, 0.1) is 0 Å². The number of rotatable bonds is 8. The molecule has 1 unspecified atom stereocenters. The number of nitrogen functional groups attached to an aromatic ring is 1. The number of amides is 1. The monoisotopic (exact) mass is 500 g/mol. The molecule has 2 heterocycles. The molecule has 1 saturated heterocycles. The second-order valence-corrected chi connectivity index (χ2v) is 10.7. The number of carbonyl (C=O) groups is 2. The third kappa shape index (κ3) is 5.02. The molecule has 2 aromatic carbocycles. The fourth-order valence-corrected chi connectivity index (χ4v) is 5.96. The number of nitrogens with one attached hydrogen (secondary N) is 1.